The Morgan fingerprint density at radius 2 is 1.89 bits per heavy atom. The maximum atomic E-state index is 12.5. The van der Waals surface area contributed by atoms with E-state index in [4.69, 9.17) is 4.52 Å². The molecule has 3 aromatic rings. The largest absolute Gasteiger partial charge is 0.361 e. The van der Waals surface area contributed by atoms with Crippen LogP contribution < -0.4 is 10.2 Å². The molecule has 1 amide bonds. The second-order valence-corrected chi connectivity index (χ2v) is 6.60. The standard InChI is InChI=1S/C19H21N7O2/c1-13-11-15(24-28-13)19(27)26-9-7-25(8-10-26)18-12-17(21-14(2)22-18)23-16-5-3-4-6-20-16/h3-6,11-12H,7-10H2,1-2H3,(H,20,21,22,23). The molecule has 0 spiro atoms. The summed E-state index contributed by atoms with van der Waals surface area (Å²) in [7, 11) is 0. The first-order valence-electron chi connectivity index (χ1n) is 9.10. The molecular weight excluding hydrogens is 358 g/mol. The lowest BCUT2D eigenvalue weighted by Crippen LogP contribution is -2.49. The summed E-state index contributed by atoms with van der Waals surface area (Å²) in [5, 5.41) is 7.02. The fraction of sp³-hybridized carbons (Fsp3) is 0.316. The summed E-state index contributed by atoms with van der Waals surface area (Å²) in [5.74, 6) is 3.45. The number of nitrogens with one attached hydrogen (secondary N) is 1. The number of pyridine rings is 1. The van der Waals surface area contributed by atoms with Crippen molar-refractivity contribution >= 4 is 23.4 Å². The van der Waals surface area contributed by atoms with Crippen molar-refractivity contribution in [1.29, 1.82) is 0 Å². The van der Waals surface area contributed by atoms with Crippen LogP contribution in [0.1, 0.15) is 22.1 Å². The van der Waals surface area contributed by atoms with Crippen LogP contribution in [0.5, 0.6) is 0 Å². The van der Waals surface area contributed by atoms with E-state index in [9.17, 15) is 4.79 Å². The van der Waals surface area contributed by atoms with Gasteiger partial charge < -0.3 is 19.6 Å². The normalized spacial score (nSPS) is 14.2. The molecule has 3 aromatic heterocycles. The number of rotatable bonds is 4. The number of aromatic nitrogens is 4. The number of hydrogen-bond acceptors (Lipinski definition) is 8. The second kappa shape index (κ2) is 7.63. The summed E-state index contributed by atoms with van der Waals surface area (Å²) in [4.78, 5) is 29.7. The van der Waals surface area contributed by atoms with Gasteiger partial charge in [0.1, 0.15) is 29.0 Å². The van der Waals surface area contributed by atoms with Crippen molar-refractivity contribution in [3.63, 3.8) is 0 Å². The van der Waals surface area contributed by atoms with Crippen molar-refractivity contribution in [2.24, 2.45) is 0 Å². The van der Waals surface area contributed by atoms with Gasteiger partial charge >= 0.3 is 0 Å². The third-order valence-electron chi connectivity index (χ3n) is 4.48. The van der Waals surface area contributed by atoms with Gasteiger partial charge in [0.05, 0.1) is 0 Å². The maximum absolute atomic E-state index is 12.5. The summed E-state index contributed by atoms with van der Waals surface area (Å²) in [6, 6.07) is 9.23. The Balaban J connectivity index is 1.43. The molecule has 4 heterocycles. The van der Waals surface area contributed by atoms with Crippen LogP contribution in [0.15, 0.2) is 41.1 Å². The number of carbonyl (C=O) groups excluding carboxylic acids is 1. The predicted octanol–water partition coefficient (Wildman–Crippen LogP) is 2.18. The first kappa shape index (κ1) is 17.9. The molecule has 0 unspecified atom stereocenters. The van der Waals surface area contributed by atoms with Crippen molar-refractivity contribution in [3.05, 3.63) is 53.8 Å². The van der Waals surface area contributed by atoms with Crippen LogP contribution in [0, 0.1) is 13.8 Å². The number of anilines is 3. The Bertz CT molecular complexity index is 965. The molecule has 1 aliphatic heterocycles. The molecule has 0 radical (unpaired) electrons. The van der Waals surface area contributed by atoms with Gasteiger partial charge in [-0.1, -0.05) is 11.2 Å². The van der Waals surface area contributed by atoms with Crippen molar-refractivity contribution in [2.45, 2.75) is 13.8 Å². The van der Waals surface area contributed by atoms with E-state index in [2.05, 4.69) is 30.3 Å². The minimum absolute atomic E-state index is 0.104. The van der Waals surface area contributed by atoms with Gasteiger partial charge in [0.15, 0.2) is 5.69 Å². The van der Waals surface area contributed by atoms with Crippen LogP contribution in [0.3, 0.4) is 0 Å². The van der Waals surface area contributed by atoms with E-state index in [1.807, 2.05) is 31.2 Å². The third kappa shape index (κ3) is 3.93. The summed E-state index contributed by atoms with van der Waals surface area (Å²) in [6.45, 7) is 6.19. The van der Waals surface area contributed by atoms with E-state index >= 15 is 0 Å². The van der Waals surface area contributed by atoms with Crippen LogP contribution in [-0.4, -0.2) is 57.1 Å². The molecular formula is C19H21N7O2. The Morgan fingerprint density at radius 3 is 2.57 bits per heavy atom. The molecule has 1 N–H and O–H groups in total. The third-order valence-corrected chi connectivity index (χ3v) is 4.48. The molecule has 9 heteroatoms. The quantitative estimate of drug-likeness (QED) is 0.736. The number of aryl methyl sites for hydroxylation is 2. The topological polar surface area (TPSA) is 100 Å². The zero-order chi connectivity index (χ0) is 19.5. The second-order valence-electron chi connectivity index (χ2n) is 6.60. The van der Waals surface area contributed by atoms with Crippen molar-refractivity contribution in [2.75, 3.05) is 36.4 Å². The smallest absolute Gasteiger partial charge is 0.276 e. The van der Waals surface area contributed by atoms with Gasteiger partial charge in [-0.15, -0.1) is 0 Å². The van der Waals surface area contributed by atoms with Gasteiger partial charge in [-0.3, -0.25) is 4.79 Å². The summed E-state index contributed by atoms with van der Waals surface area (Å²) in [5.41, 5.74) is 0.352. The molecule has 1 saturated heterocycles. The van der Waals surface area contributed by atoms with Crippen LogP contribution in [0.4, 0.5) is 17.5 Å². The monoisotopic (exact) mass is 379 g/mol. The van der Waals surface area contributed by atoms with Crippen LogP contribution in [0.2, 0.25) is 0 Å². The number of nitrogens with zero attached hydrogens (tertiary/aromatic N) is 6. The van der Waals surface area contributed by atoms with E-state index in [-0.39, 0.29) is 5.91 Å². The van der Waals surface area contributed by atoms with Gasteiger partial charge in [0.2, 0.25) is 0 Å². The lowest BCUT2D eigenvalue weighted by molar-refractivity contribution is 0.0736. The van der Waals surface area contributed by atoms with Crippen LogP contribution >= 0.6 is 0 Å². The van der Waals surface area contributed by atoms with E-state index < -0.39 is 0 Å². The number of carbonyl (C=O) groups is 1. The lowest BCUT2D eigenvalue weighted by atomic mass is 10.2. The van der Waals surface area contributed by atoms with E-state index in [0.29, 0.717) is 49.3 Å². The Hall–Kier alpha value is -3.49. The van der Waals surface area contributed by atoms with Gasteiger partial charge in [-0.2, -0.15) is 0 Å². The first-order valence-corrected chi connectivity index (χ1v) is 9.10. The lowest BCUT2D eigenvalue weighted by Gasteiger charge is -2.35. The SMILES string of the molecule is Cc1nc(Nc2ccccn2)cc(N2CCN(C(=O)c3cc(C)on3)CC2)n1. The van der Waals surface area contributed by atoms with Crippen LogP contribution in [0.25, 0.3) is 0 Å². The Labute approximate surface area is 162 Å². The maximum Gasteiger partial charge on any atom is 0.276 e. The van der Waals surface area contributed by atoms with E-state index in [1.54, 1.807) is 24.1 Å². The molecule has 0 bridgehead atoms. The molecule has 28 heavy (non-hydrogen) atoms. The highest BCUT2D eigenvalue weighted by Crippen LogP contribution is 2.20. The molecule has 1 aliphatic rings. The number of hydrogen-bond donors (Lipinski definition) is 1. The Kier molecular flexibility index (Phi) is 4.88. The molecule has 0 aromatic carbocycles. The van der Waals surface area contributed by atoms with Gasteiger partial charge in [-0.05, 0) is 26.0 Å². The van der Waals surface area contributed by atoms with Gasteiger partial charge in [-0.25, -0.2) is 15.0 Å². The number of amides is 1. The minimum atomic E-state index is -0.104. The molecule has 9 nitrogen and oxygen atoms in total. The van der Waals surface area contributed by atoms with Crippen molar-refractivity contribution in [1.82, 2.24) is 25.0 Å². The highest BCUT2D eigenvalue weighted by Gasteiger charge is 2.25. The van der Waals surface area contributed by atoms with Crippen LogP contribution in [-0.2, 0) is 0 Å². The fourth-order valence-electron chi connectivity index (χ4n) is 3.11. The van der Waals surface area contributed by atoms with Gasteiger partial charge in [0, 0.05) is 44.5 Å². The minimum Gasteiger partial charge on any atom is -0.361 e. The summed E-state index contributed by atoms with van der Waals surface area (Å²) < 4.78 is 5.01. The molecule has 144 valence electrons. The zero-order valence-corrected chi connectivity index (χ0v) is 15.8. The average molecular weight is 379 g/mol. The predicted molar refractivity (Wildman–Crippen MR) is 104 cm³/mol. The van der Waals surface area contributed by atoms with Crippen molar-refractivity contribution < 1.29 is 9.32 Å². The highest BCUT2D eigenvalue weighted by molar-refractivity contribution is 5.92. The summed E-state index contributed by atoms with van der Waals surface area (Å²) in [6.07, 6.45) is 1.73. The van der Waals surface area contributed by atoms with E-state index in [0.717, 1.165) is 11.6 Å². The molecule has 1 fully saturated rings. The van der Waals surface area contributed by atoms with Gasteiger partial charge in [0.25, 0.3) is 5.91 Å². The zero-order valence-electron chi connectivity index (χ0n) is 15.8. The van der Waals surface area contributed by atoms with E-state index in [1.165, 1.54) is 0 Å². The van der Waals surface area contributed by atoms with Crippen molar-refractivity contribution in [3.8, 4) is 0 Å². The molecule has 0 atom stereocenters. The fourth-order valence-corrected chi connectivity index (χ4v) is 3.11. The highest BCUT2D eigenvalue weighted by atomic mass is 16.5. The molecule has 0 aliphatic carbocycles. The number of piperazine rings is 1. The average Bonchev–Trinajstić information content (AvgIpc) is 3.14. The summed E-state index contributed by atoms with van der Waals surface area (Å²) >= 11 is 0. The first-order chi connectivity index (χ1) is 13.6. The Morgan fingerprint density at radius 1 is 1.07 bits per heavy atom. The molecule has 4 rings (SSSR count). The molecule has 0 saturated carbocycles.